The van der Waals surface area contributed by atoms with Crippen LogP contribution in [0.4, 0.5) is 0 Å². The van der Waals surface area contributed by atoms with Crippen LogP contribution in [0.15, 0.2) is 18.2 Å². The highest BCUT2D eigenvalue weighted by Gasteiger charge is 2.22. The minimum Gasteiger partial charge on any atom is -0.507 e. The molecule has 0 aliphatic heterocycles. The summed E-state index contributed by atoms with van der Waals surface area (Å²) < 4.78 is 5.21. The fourth-order valence-electron chi connectivity index (χ4n) is 2.46. The third kappa shape index (κ3) is 5.40. The van der Waals surface area contributed by atoms with Gasteiger partial charge in [-0.3, -0.25) is 4.79 Å². The summed E-state index contributed by atoms with van der Waals surface area (Å²) in [7, 11) is 0. The zero-order valence-electron chi connectivity index (χ0n) is 13.3. The first-order valence-electron chi connectivity index (χ1n) is 7.71. The van der Waals surface area contributed by atoms with Crippen molar-refractivity contribution in [2.24, 2.45) is 0 Å². The SMILES string of the molecule is CCCCC(c1ccc(O)c(C(C)=O)c1)C(O)COCCO. The fourth-order valence-corrected chi connectivity index (χ4v) is 2.46. The van der Waals surface area contributed by atoms with Gasteiger partial charge in [0.1, 0.15) is 5.75 Å². The van der Waals surface area contributed by atoms with Gasteiger partial charge in [0.2, 0.25) is 0 Å². The van der Waals surface area contributed by atoms with Crippen LogP contribution in [0, 0.1) is 0 Å². The standard InChI is InChI=1S/C17H26O5/c1-3-4-5-14(17(21)11-22-9-8-18)13-6-7-16(20)15(10-13)12(2)19/h6-7,10,14,17-18,20-21H,3-5,8-9,11H2,1-2H3. The van der Waals surface area contributed by atoms with Crippen molar-refractivity contribution < 1.29 is 24.9 Å². The Morgan fingerprint density at radius 3 is 2.68 bits per heavy atom. The average molecular weight is 310 g/mol. The van der Waals surface area contributed by atoms with Crippen molar-refractivity contribution in [3.63, 3.8) is 0 Å². The molecule has 2 unspecified atom stereocenters. The molecule has 0 radical (unpaired) electrons. The Kier molecular flexibility index (Phi) is 8.09. The molecule has 5 nitrogen and oxygen atoms in total. The van der Waals surface area contributed by atoms with Crippen molar-refractivity contribution in [1.29, 1.82) is 0 Å². The quantitative estimate of drug-likeness (QED) is 0.456. The van der Waals surface area contributed by atoms with Crippen LogP contribution >= 0.6 is 0 Å². The number of Topliss-reactive ketones (excluding diaryl/α,β-unsaturated/α-hetero) is 1. The van der Waals surface area contributed by atoms with Gasteiger partial charge in [-0.1, -0.05) is 25.8 Å². The second-order valence-corrected chi connectivity index (χ2v) is 5.45. The number of aromatic hydroxyl groups is 1. The molecule has 5 heteroatoms. The Hall–Kier alpha value is -1.43. The van der Waals surface area contributed by atoms with E-state index in [0.717, 1.165) is 24.8 Å². The Bertz CT molecular complexity index is 472. The Morgan fingerprint density at radius 2 is 2.09 bits per heavy atom. The zero-order valence-corrected chi connectivity index (χ0v) is 13.3. The molecule has 0 saturated heterocycles. The number of ketones is 1. The molecular weight excluding hydrogens is 284 g/mol. The summed E-state index contributed by atoms with van der Waals surface area (Å²) in [5, 5.41) is 28.8. The molecule has 0 spiro atoms. The van der Waals surface area contributed by atoms with Gasteiger partial charge in [0, 0.05) is 5.92 Å². The van der Waals surface area contributed by atoms with Crippen LogP contribution in [0.1, 0.15) is 54.9 Å². The smallest absolute Gasteiger partial charge is 0.163 e. The number of unbranched alkanes of at least 4 members (excludes halogenated alkanes) is 1. The molecule has 0 fully saturated rings. The first kappa shape index (κ1) is 18.6. The second kappa shape index (κ2) is 9.56. The minimum atomic E-state index is -0.720. The van der Waals surface area contributed by atoms with Gasteiger partial charge in [-0.25, -0.2) is 0 Å². The van der Waals surface area contributed by atoms with Crippen molar-refractivity contribution in [1.82, 2.24) is 0 Å². The van der Waals surface area contributed by atoms with E-state index in [0.29, 0.717) is 0 Å². The maximum absolute atomic E-state index is 11.6. The molecule has 3 N–H and O–H groups in total. The Labute approximate surface area is 131 Å². The predicted octanol–water partition coefficient (Wildman–Crippen LogP) is 2.24. The summed E-state index contributed by atoms with van der Waals surface area (Å²) in [6, 6.07) is 4.87. The normalized spacial score (nSPS) is 13.8. The molecule has 0 aliphatic carbocycles. The molecule has 0 aliphatic rings. The van der Waals surface area contributed by atoms with Crippen LogP contribution in [0.25, 0.3) is 0 Å². The maximum atomic E-state index is 11.6. The van der Waals surface area contributed by atoms with Gasteiger partial charge in [-0.2, -0.15) is 0 Å². The van der Waals surface area contributed by atoms with Gasteiger partial charge in [0.25, 0.3) is 0 Å². The molecule has 2 atom stereocenters. The molecule has 0 aromatic heterocycles. The number of carbonyl (C=O) groups is 1. The van der Waals surface area contributed by atoms with Crippen molar-refractivity contribution in [2.45, 2.75) is 45.1 Å². The molecular formula is C17H26O5. The van der Waals surface area contributed by atoms with E-state index in [1.807, 2.05) is 0 Å². The molecule has 0 bridgehead atoms. The van der Waals surface area contributed by atoms with Crippen LogP contribution in [0.3, 0.4) is 0 Å². The van der Waals surface area contributed by atoms with Crippen molar-refractivity contribution >= 4 is 5.78 Å². The summed E-state index contributed by atoms with van der Waals surface area (Å²) in [5.41, 5.74) is 1.08. The number of ether oxygens (including phenoxy) is 1. The lowest BCUT2D eigenvalue weighted by Crippen LogP contribution is -2.25. The monoisotopic (exact) mass is 310 g/mol. The van der Waals surface area contributed by atoms with Crippen molar-refractivity contribution in [2.75, 3.05) is 19.8 Å². The van der Waals surface area contributed by atoms with E-state index in [2.05, 4.69) is 6.92 Å². The predicted molar refractivity (Wildman–Crippen MR) is 84.3 cm³/mol. The molecule has 1 aromatic carbocycles. The number of benzene rings is 1. The van der Waals surface area contributed by atoms with Crippen LogP contribution in [0.5, 0.6) is 5.75 Å². The number of aliphatic hydroxyl groups excluding tert-OH is 2. The number of hydrogen-bond acceptors (Lipinski definition) is 5. The topological polar surface area (TPSA) is 87.0 Å². The van der Waals surface area contributed by atoms with Crippen LogP contribution < -0.4 is 0 Å². The third-order valence-electron chi connectivity index (χ3n) is 3.69. The summed E-state index contributed by atoms with van der Waals surface area (Å²) in [5.74, 6) is -0.423. The van der Waals surface area contributed by atoms with Gasteiger partial charge in [0.15, 0.2) is 5.78 Å². The van der Waals surface area contributed by atoms with E-state index in [-0.39, 0.29) is 42.8 Å². The average Bonchev–Trinajstić information content (AvgIpc) is 2.49. The van der Waals surface area contributed by atoms with Gasteiger partial charge in [0.05, 0.1) is 31.5 Å². The number of phenols is 1. The van der Waals surface area contributed by atoms with Crippen molar-refractivity contribution in [3.8, 4) is 5.75 Å². The van der Waals surface area contributed by atoms with E-state index in [4.69, 9.17) is 9.84 Å². The summed E-state index contributed by atoms with van der Waals surface area (Å²) in [6.45, 7) is 3.71. The van der Waals surface area contributed by atoms with Gasteiger partial charge in [-0.05, 0) is 31.0 Å². The van der Waals surface area contributed by atoms with E-state index in [1.54, 1.807) is 12.1 Å². The summed E-state index contributed by atoms with van der Waals surface area (Å²) >= 11 is 0. The molecule has 1 aromatic rings. The molecule has 22 heavy (non-hydrogen) atoms. The highest BCUT2D eigenvalue weighted by Crippen LogP contribution is 2.30. The zero-order chi connectivity index (χ0) is 16.5. The second-order valence-electron chi connectivity index (χ2n) is 5.45. The number of carbonyl (C=O) groups excluding carboxylic acids is 1. The highest BCUT2D eigenvalue weighted by molar-refractivity contribution is 5.96. The molecule has 124 valence electrons. The largest absolute Gasteiger partial charge is 0.507 e. The maximum Gasteiger partial charge on any atom is 0.163 e. The Balaban J connectivity index is 2.95. The number of rotatable bonds is 10. The molecule has 1 rings (SSSR count). The lowest BCUT2D eigenvalue weighted by molar-refractivity contribution is 0.00776. The van der Waals surface area contributed by atoms with E-state index in [9.17, 15) is 15.0 Å². The summed E-state index contributed by atoms with van der Waals surface area (Å²) in [4.78, 5) is 11.6. The van der Waals surface area contributed by atoms with E-state index >= 15 is 0 Å². The van der Waals surface area contributed by atoms with Crippen LogP contribution in [-0.2, 0) is 4.74 Å². The number of phenolic OH excluding ortho intramolecular Hbond substituents is 1. The Morgan fingerprint density at radius 1 is 1.36 bits per heavy atom. The molecule has 0 amide bonds. The summed E-state index contributed by atoms with van der Waals surface area (Å²) in [6.07, 6.45) is 1.99. The minimum absolute atomic E-state index is 0.0449. The molecule has 0 saturated carbocycles. The highest BCUT2D eigenvalue weighted by atomic mass is 16.5. The van der Waals surface area contributed by atoms with Gasteiger partial charge in [-0.15, -0.1) is 0 Å². The van der Waals surface area contributed by atoms with Crippen LogP contribution in [-0.4, -0.2) is 47.0 Å². The third-order valence-corrected chi connectivity index (χ3v) is 3.69. The van der Waals surface area contributed by atoms with E-state index in [1.165, 1.54) is 13.0 Å². The van der Waals surface area contributed by atoms with Gasteiger partial charge >= 0.3 is 0 Å². The van der Waals surface area contributed by atoms with E-state index < -0.39 is 6.10 Å². The lowest BCUT2D eigenvalue weighted by Gasteiger charge is -2.24. The lowest BCUT2D eigenvalue weighted by atomic mass is 9.87. The number of hydrogen-bond donors (Lipinski definition) is 3. The van der Waals surface area contributed by atoms with Crippen molar-refractivity contribution in [3.05, 3.63) is 29.3 Å². The first-order valence-corrected chi connectivity index (χ1v) is 7.71. The molecule has 0 heterocycles. The first-order chi connectivity index (χ1) is 10.5. The number of aliphatic hydroxyl groups is 2. The van der Waals surface area contributed by atoms with Crippen LogP contribution in [0.2, 0.25) is 0 Å². The van der Waals surface area contributed by atoms with Gasteiger partial charge < -0.3 is 20.1 Å². The fraction of sp³-hybridized carbons (Fsp3) is 0.588.